The van der Waals surface area contributed by atoms with Crippen LogP contribution in [0.5, 0.6) is 0 Å². The second-order valence-corrected chi connectivity index (χ2v) is 4.22. The zero-order valence-electron chi connectivity index (χ0n) is 8.41. The van der Waals surface area contributed by atoms with E-state index in [0.717, 1.165) is 38.9 Å². The number of carbonyl (C=O) groups is 1. The predicted octanol–water partition coefficient (Wildman–Crippen LogP) is -0.278. The van der Waals surface area contributed by atoms with Crippen LogP contribution in [-0.4, -0.2) is 47.7 Å². The summed E-state index contributed by atoms with van der Waals surface area (Å²) < 4.78 is 0. The Morgan fingerprint density at radius 3 is 2.71 bits per heavy atom. The van der Waals surface area contributed by atoms with E-state index in [4.69, 9.17) is 0 Å². The molecule has 2 aliphatic heterocycles. The number of aliphatic hydroxyl groups excluding tert-OH is 1. The Morgan fingerprint density at radius 1 is 1.36 bits per heavy atom. The van der Waals surface area contributed by atoms with Gasteiger partial charge in [-0.15, -0.1) is 0 Å². The molecule has 0 aromatic rings. The van der Waals surface area contributed by atoms with Crippen molar-refractivity contribution in [1.29, 1.82) is 0 Å². The van der Waals surface area contributed by atoms with Crippen molar-refractivity contribution in [3.05, 3.63) is 0 Å². The topological polar surface area (TPSA) is 52.6 Å². The minimum Gasteiger partial charge on any atom is -0.393 e. The number of rotatable bonds is 1. The molecule has 0 aromatic heterocycles. The average Bonchev–Trinajstić information content (AvgIpc) is 2.69. The van der Waals surface area contributed by atoms with Crippen LogP contribution in [0.1, 0.15) is 25.7 Å². The molecular weight excluding hydrogens is 180 g/mol. The Hall–Kier alpha value is -0.610. The fourth-order valence-electron chi connectivity index (χ4n) is 2.24. The molecule has 2 unspecified atom stereocenters. The zero-order valence-corrected chi connectivity index (χ0v) is 8.41. The molecule has 2 N–H and O–H groups in total. The van der Waals surface area contributed by atoms with E-state index in [2.05, 4.69) is 5.32 Å². The van der Waals surface area contributed by atoms with Crippen molar-refractivity contribution in [2.24, 2.45) is 0 Å². The van der Waals surface area contributed by atoms with Gasteiger partial charge in [-0.05, 0) is 32.2 Å². The summed E-state index contributed by atoms with van der Waals surface area (Å²) in [6.45, 7) is 2.55. The lowest BCUT2D eigenvalue weighted by Crippen LogP contribution is -2.50. The quantitative estimate of drug-likeness (QED) is 0.609. The first-order valence-electron chi connectivity index (χ1n) is 5.47. The van der Waals surface area contributed by atoms with Crippen LogP contribution in [0, 0.1) is 0 Å². The highest BCUT2D eigenvalue weighted by molar-refractivity contribution is 5.82. The molecule has 0 saturated carbocycles. The third kappa shape index (κ3) is 2.07. The first-order valence-corrected chi connectivity index (χ1v) is 5.47. The smallest absolute Gasteiger partial charge is 0.239 e. The van der Waals surface area contributed by atoms with Crippen LogP contribution in [-0.2, 0) is 4.79 Å². The fourth-order valence-corrected chi connectivity index (χ4v) is 2.24. The average molecular weight is 198 g/mol. The van der Waals surface area contributed by atoms with E-state index < -0.39 is 0 Å². The van der Waals surface area contributed by atoms with E-state index >= 15 is 0 Å². The zero-order chi connectivity index (χ0) is 9.97. The molecule has 2 saturated heterocycles. The number of aliphatic hydroxyl groups is 1. The van der Waals surface area contributed by atoms with Gasteiger partial charge in [0.05, 0.1) is 12.1 Å². The molecule has 0 spiro atoms. The summed E-state index contributed by atoms with van der Waals surface area (Å²) >= 11 is 0. The Balaban J connectivity index is 1.89. The third-order valence-electron chi connectivity index (χ3n) is 3.09. The van der Waals surface area contributed by atoms with Crippen LogP contribution in [0.3, 0.4) is 0 Å². The number of piperidine rings is 1. The number of likely N-dealkylation sites (tertiary alicyclic amines) is 1. The van der Waals surface area contributed by atoms with Gasteiger partial charge in [0.2, 0.25) is 5.91 Å². The number of amides is 1. The molecule has 0 bridgehead atoms. The molecular formula is C10H18N2O2. The van der Waals surface area contributed by atoms with E-state index in [0.29, 0.717) is 6.42 Å². The van der Waals surface area contributed by atoms with Gasteiger partial charge in [-0.3, -0.25) is 4.79 Å². The molecule has 2 fully saturated rings. The van der Waals surface area contributed by atoms with E-state index in [9.17, 15) is 9.90 Å². The maximum absolute atomic E-state index is 11.9. The third-order valence-corrected chi connectivity index (χ3v) is 3.09. The van der Waals surface area contributed by atoms with Gasteiger partial charge in [0.25, 0.3) is 0 Å². The SMILES string of the molecule is O=C(C1CC(O)CCN1)N1CCCC1. The largest absolute Gasteiger partial charge is 0.393 e. The number of hydrogen-bond donors (Lipinski definition) is 2. The van der Waals surface area contributed by atoms with Crippen molar-refractivity contribution in [1.82, 2.24) is 10.2 Å². The second-order valence-electron chi connectivity index (χ2n) is 4.22. The summed E-state index contributed by atoms with van der Waals surface area (Å²) in [5.41, 5.74) is 0. The van der Waals surface area contributed by atoms with Gasteiger partial charge in [-0.2, -0.15) is 0 Å². The molecule has 4 heteroatoms. The van der Waals surface area contributed by atoms with Gasteiger partial charge in [0, 0.05) is 13.1 Å². The van der Waals surface area contributed by atoms with Gasteiger partial charge in [-0.1, -0.05) is 0 Å². The van der Waals surface area contributed by atoms with Crippen molar-refractivity contribution in [2.45, 2.75) is 37.8 Å². The summed E-state index contributed by atoms with van der Waals surface area (Å²) in [5.74, 6) is 0.182. The van der Waals surface area contributed by atoms with Gasteiger partial charge in [-0.25, -0.2) is 0 Å². The summed E-state index contributed by atoms with van der Waals surface area (Å²) in [6.07, 6.45) is 3.30. The van der Waals surface area contributed by atoms with Crippen molar-refractivity contribution in [3.8, 4) is 0 Å². The van der Waals surface area contributed by atoms with Crippen molar-refractivity contribution in [3.63, 3.8) is 0 Å². The lowest BCUT2D eigenvalue weighted by Gasteiger charge is -2.29. The number of nitrogens with one attached hydrogen (secondary N) is 1. The molecule has 2 aliphatic rings. The first-order chi connectivity index (χ1) is 6.77. The fraction of sp³-hybridized carbons (Fsp3) is 0.900. The minimum atomic E-state index is -0.298. The highest BCUT2D eigenvalue weighted by atomic mass is 16.3. The number of hydrogen-bond acceptors (Lipinski definition) is 3. The normalized spacial score (nSPS) is 33.4. The van der Waals surface area contributed by atoms with Gasteiger partial charge < -0.3 is 15.3 Å². The van der Waals surface area contributed by atoms with Crippen molar-refractivity contribution >= 4 is 5.91 Å². The van der Waals surface area contributed by atoms with Crippen molar-refractivity contribution < 1.29 is 9.90 Å². The molecule has 2 atom stereocenters. The lowest BCUT2D eigenvalue weighted by atomic mass is 10.0. The number of nitrogens with zero attached hydrogens (tertiary/aromatic N) is 1. The van der Waals surface area contributed by atoms with Crippen LogP contribution in [0.4, 0.5) is 0 Å². The van der Waals surface area contributed by atoms with Crippen LogP contribution in [0.25, 0.3) is 0 Å². The molecule has 0 radical (unpaired) electrons. The minimum absolute atomic E-state index is 0.142. The second kappa shape index (κ2) is 4.28. The van der Waals surface area contributed by atoms with E-state index in [1.165, 1.54) is 0 Å². The Bertz CT molecular complexity index is 214. The van der Waals surface area contributed by atoms with Gasteiger partial charge >= 0.3 is 0 Å². The maximum atomic E-state index is 11.9. The van der Waals surface area contributed by atoms with Crippen LogP contribution in [0.15, 0.2) is 0 Å². The van der Waals surface area contributed by atoms with Crippen LogP contribution < -0.4 is 5.32 Å². The van der Waals surface area contributed by atoms with Crippen LogP contribution in [0.2, 0.25) is 0 Å². The Labute approximate surface area is 84.3 Å². The molecule has 2 rings (SSSR count). The number of carbonyl (C=O) groups excluding carboxylic acids is 1. The van der Waals surface area contributed by atoms with E-state index in [1.54, 1.807) is 0 Å². The maximum Gasteiger partial charge on any atom is 0.239 e. The van der Waals surface area contributed by atoms with Crippen LogP contribution >= 0.6 is 0 Å². The standard InChI is InChI=1S/C10H18N2O2/c13-8-3-4-11-9(7-8)10(14)12-5-1-2-6-12/h8-9,11,13H,1-7H2. The predicted molar refractivity (Wildman–Crippen MR) is 52.8 cm³/mol. The Kier molecular flexibility index (Phi) is 3.03. The molecule has 0 aromatic carbocycles. The summed E-state index contributed by atoms with van der Waals surface area (Å²) in [7, 11) is 0. The molecule has 1 amide bonds. The highest BCUT2D eigenvalue weighted by Crippen LogP contribution is 2.14. The first kappa shape index (κ1) is 9.93. The van der Waals surface area contributed by atoms with E-state index in [1.807, 2.05) is 4.90 Å². The molecule has 2 heterocycles. The summed E-state index contributed by atoms with van der Waals surface area (Å²) in [5, 5.41) is 12.6. The monoisotopic (exact) mass is 198 g/mol. The molecule has 0 aliphatic carbocycles. The Morgan fingerprint density at radius 2 is 2.07 bits per heavy atom. The lowest BCUT2D eigenvalue weighted by molar-refractivity contribution is -0.133. The summed E-state index contributed by atoms with van der Waals surface area (Å²) in [6, 6.07) is -0.142. The highest BCUT2D eigenvalue weighted by Gasteiger charge is 2.30. The molecule has 4 nitrogen and oxygen atoms in total. The van der Waals surface area contributed by atoms with Crippen molar-refractivity contribution in [2.75, 3.05) is 19.6 Å². The summed E-state index contributed by atoms with van der Waals surface area (Å²) in [4.78, 5) is 13.8. The van der Waals surface area contributed by atoms with E-state index in [-0.39, 0.29) is 18.1 Å². The van der Waals surface area contributed by atoms with Gasteiger partial charge in [0.15, 0.2) is 0 Å². The van der Waals surface area contributed by atoms with Gasteiger partial charge in [0.1, 0.15) is 0 Å². The molecule has 14 heavy (non-hydrogen) atoms. The molecule has 80 valence electrons.